The lowest BCUT2D eigenvalue weighted by Gasteiger charge is -2.21. The van der Waals surface area contributed by atoms with Crippen molar-refractivity contribution in [1.29, 1.82) is 0 Å². The summed E-state index contributed by atoms with van der Waals surface area (Å²) in [6, 6.07) is 8.57. The molecule has 2 aromatic rings. The van der Waals surface area contributed by atoms with Crippen molar-refractivity contribution in [2.24, 2.45) is 0 Å². The van der Waals surface area contributed by atoms with Crippen molar-refractivity contribution in [2.75, 3.05) is 16.4 Å². The van der Waals surface area contributed by atoms with Gasteiger partial charge in [-0.15, -0.1) is 10.2 Å². The molecule has 0 unspecified atom stereocenters. The molecule has 0 saturated heterocycles. The van der Waals surface area contributed by atoms with E-state index in [1.54, 1.807) is 0 Å². The molecule has 1 heterocycles. The minimum Gasteiger partial charge on any atom is -0.357 e. The fraction of sp³-hybridized carbons (Fsp3) is 0.550. The summed E-state index contributed by atoms with van der Waals surface area (Å²) in [7, 11) is 0. The van der Waals surface area contributed by atoms with E-state index in [1.807, 2.05) is 12.1 Å². The molecule has 1 aliphatic carbocycles. The van der Waals surface area contributed by atoms with Crippen molar-refractivity contribution < 1.29 is 4.79 Å². The van der Waals surface area contributed by atoms with Gasteiger partial charge >= 0.3 is 0 Å². The number of aromatic nitrogens is 2. The van der Waals surface area contributed by atoms with E-state index in [9.17, 15) is 4.79 Å². The molecule has 0 atom stereocenters. The lowest BCUT2D eigenvalue weighted by molar-refractivity contribution is -0.113. The van der Waals surface area contributed by atoms with E-state index in [1.165, 1.54) is 60.8 Å². The van der Waals surface area contributed by atoms with Crippen molar-refractivity contribution in [3.8, 4) is 0 Å². The van der Waals surface area contributed by atoms with Gasteiger partial charge in [-0.1, -0.05) is 75.3 Å². The van der Waals surface area contributed by atoms with Gasteiger partial charge in [0.15, 0.2) is 4.34 Å². The number of carbonyl (C=O) groups is 1. The second-order valence-corrected chi connectivity index (χ2v) is 10.2. The number of nitrogens with zero attached hydrogens (tertiary/aromatic N) is 2. The second kappa shape index (κ2) is 9.06. The molecule has 0 spiro atoms. The van der Waals surface area contributed by atoms with E-state index in [0.29, 0.717) is 11.8 Å². The number of benzene rings is 1. The highest BCUT2D eigenvalue weighted by Gasteiger charge is 2.16. The summed E-state index contributed by atoms with van der Waals surface area (Å²) in [4.78, 5) is 12.2. The predicted octanol–water partition coefficient (Wildman–Crippen LogP) is 5.31. The molecule has 27 heavy (non-hydrogen) atoms. The first-order valence-electron chi connectivity index (χ1n) is 9.53. The van der Waals surface area contributed by atoms with Crippen molar-refractivity contribution >= 4 is 39.8 Å². The summed E-state index contributed by atoms with van der Waals surface area (Å²) >= 11 is 2.96. The van der Waals surface area contributed by atoms with Gasteiger partial charge < -0.3 is 10.6 Å². The van der Waals surface area contributed by atoms with Gasteiger partial charge in [0.25, 0.3) is 0 Å². The molecule has 0 radical (unpaired) electrons. The fourth-order valence-electron chi connectivity index (χ4n) is 3.13. The molecule has 1 saturated carbocycles. The van der Waals surface area contributed by atoms with Crippen LogP contribution in [0.2, 0.25) is 0 Å². The Morgan fingerprint density at radius 1 is 1.15 bits per heavy atom. The monoisotopic (exact) mass is 404 g/mol. The first-order valence-corrected chi connectivity index (χ1v) is 11.3. The third-order valence-corrected chi connectivity index (χ3v) is 6.69. The van der Waals surface area contributed by atoms with Crippen LogP contribution in [0.4, 0.5) is 10.8 Å². The summed E-state index contributed by atoms with van der Waals surface area (Å²) in [5.74, 6) is 0.305. The zero-order valence-corrected chi connectivity index (χ0v) is 17.9. The summed E-state index contributed by atoms with van der Waals surface area (Å²) in [6.45, 7) is 6.53. The Labute approximate surface area is 169 Å². The summed E-state index contributed by atoms with van der Waals surface area (Å²) in [6.07, 6.45) is 6.32. The number of thioether (sulfide) groups is 1. The van der Waals surface area contributed by atoms with E-state index in [2.05, 4.69) is 53.7 Å². The van der Waals surface area contributed by atoms with E-state index in [0.717, 1.165) is 15.2 Å². The lowest BCUT2D eigenvalue weighted by Crippen LogP contribution is -2.21. The molecule has 0 bridgehead atoms. The summed E-state index contributed by atoms with van der Waals surface area (Å²) in [5, 5.41) is 15.7. The smallest absolute Gasteiger partial charge is 0.234 e. The number of anilines is 2. The molecule has 146 valence electrons. The maximum absolute atomic E-state index is 12.2. The average molecular weight is 405 g/mol. The van der Waals surface area contributed by atoms with Crippen LogP contribution in [0, 0.1) is 0 Å². The molecule has 2 N–H and O–H groups in total. The summed E-state index contributed by atoms with van der Waals surface area (Å²) in [5.41, 5.74) is 2.19. The van der Waals surface area contributed by atoms with Gasteiger partial charge in [-0.05, 0) is 36.0 Å². The molecule has 1 aliphatic rings. The zero-order valence-electron chi connectivity index (χ0n) is 16.2. The highest BCUT2D eigenvalue weighted by molar-refractivity contribution is 8.01. The van der Waals surface area contributed by atoms with E-state index >= 15 is 0 Å². The van der Waals surface area contributed by atoms with Gasteiger partial charge in [0.1, 0.15) is 0 Å². The van der Waals surface area contributed by atoms with Gasteiger partial charge in [-0.25, -0.2) is 0 Å². The lowest BCUT2D eigenvalue weighted by atomic mass is 9.87. The SMILES string of the molecule is CC(C)(C)c1ccc(NC(=O)CSc2nnc(NC3CCCCC3)s2)cc1. The molecule has 7 heteroatoms. The van der Waals surface area contributed by atoms with Crippen molar-refractivity contribution in [3.05, 3.63) is 29.8 Å². The molecule has 1 amide bonds. The highest BCUT2D eigenvalue weighted by atomic mass is 32.2. The maximum atomic E-state index is 12.2. The maximum Gasteiger partial charge on any atom is 0.234 e. The van der Waals surface area contributed by atoms with Crippen LogP contribution in [0.1, 0.15) is 58.4 Å². The second-order valence-electron chi connectivity index (χ2n) is 8.02. The first kappa shape index (κ1) is 20.1. The van der Waals surface area contributed by atoms with Crippen LogP contribution in [0.25, 0.3) is 0 Å². The van der Waals surface area contributed by atoms with Gasteiger partial charge in [0.2, 0.25) is 11.0 Å². The number of amides is 1. The van der Waals surface area contributed by atoms with Crippen molar-refractivity contribution in [3.63, 3.8) is 0 Å². The first-order chi connectivity index (χ1) is 12.9. The molecular weight excluding hydrogens is 376 g/mol. The van der Waals surface area contributed by atoms with Crippen LogP contribution in [0.15, 0.2) is 28.6 Å². The molecule has 0 aliphatic heterocycles. The molecule has 1 aromatic carbocycles. The molecule has 3 rings (SSSR count). The van der Waals surface area contributed by atoms with Gasteiger partial charge in [0, 0.05) is 11.7 Å². The number of hydrogen-bond donors (Lipinski definition) is 2. The Kier molecular flexibility index (Phi) is 6.76. The fourth-order valence-corrected chi connectivity index (χ4v) is 4.75. The normalized spacial score (nSPS) is 15.5. The number of rotatable bonds is 6. The Morgan fingerprint density at radius 3 is 2.52 bits per heavy atom. The topological polar surface area (TPSA) is 66.9 Å². The van der Waals surface area contributed by atoms with E-state index in [-0.39, 0.29) is 11.3 Å². The molecular formula is C20H28N4OS2. The number of carbonyl (C=O) groups excluding carboxylic acids is 1. The van der Waals surface area contributed by atoms with Crippen molar-refractivity contribution in [1.82, 2.24) is 10.2 Å². The van der Waals surface area contributed by atoms with Crippen LogP contribution in [0.5, 0.6) is 0 Å². The van der Waals surface area contributed by atoms with E-state index < -0.39 is 0 Å². The minimum atomic E-state index is -0.0273. The van der Waals surface area contributed by atoms with Crippen LogP contribution in [0.3, 0.4) is 0 Å². The van der Waals surface area contributed by atoms with Crippen molar-refractivity contribution in [2.45, 2.75) is 68.7 Å². The Hall–Kier alpha value is -1.60. The van der Waals surface area contributed by atoms with Gasteiger partial charge in [-0.3, -0.25) is 4.79 Å². The summed E-state index contributed by atoms with van der Waals surface area (Å²) < 4.78 is 0.825. The number of hydrogen-bond acceptors (Lipinski definition) is 6. The van der Waals surface area contributed by atoms with Crippen LogP contribution in [-0.4, -0.2) is 27.9 Å². The van der Waals surface area contributed by atoms with Crippen LogP contribution >= 0.6 is 23.1 Å². The van der Waals surface area contributed by atoms with Crippen LogP contribution in [-0.2, 0) is 10.2 Å². The van der Waals surface area contributed by atoms with Crippen LogP contribution < -0.4 is 10.6 Å². The Balaban J connectivity index is 1.45. The highest BCUT2D eigenvalue weighted by Crippen LogP contribution is 2.28. The zero-order chi connectivity index (χ0) is 19.3. The van der Waals surface area contributed by atoms with Gasteiger partial charge in [-0.2, -0.15) is 0 Å². The number of nitrogens with one attached hydrogen (secondary N) is 2. The minimum absolute atomic E-state index is 0.0273. The predicted molar refractivity (Wildman–Crippen MR) is 115 cm³/mol. The largest absolute Gasteiger partial charge is 0.357 e. The Morgan fingerprint density at radius 2 is 1.85 bits per heavy atom. The standard InChI is InChI=1S/C20H28N4OS2/c1-20(2,3)14-9-11-16(12-10-14)21-17(25)13-26-19-24-23-18(27-19)22-15-7-5-4-6-8-15/h9-12,15H,4-8,13H2,1-3H3,(H,21,25)(H,22,23). The average Bonchev–Trinajstić information content (AvgIpc) is 3.08. The quantitative estimate of drug-likeness (QED) is 0.639. The third-order valence-electron chi connectivity index (χ3n) is 4.70. The molecule has 1 aromatic heterocycles. The third kappa shape index (κ3) is 6.21. The molecule has 1 fully saturated rings. The molecule has 5 nitrogen and oxygen atoms in total. The van der Waals surface area contributed by atoms with Gasteiger partial charge in [0.05, 0.1) is 5.75 Å². The van der Waals surface area contributed by atoms with E-state index in [4.69, 9.17) is 0 Å². The Bertz CT molecular complexity index is 746.